The van der Waals surface area contributed by atoms with Crippen LogP contribution < -0.4 is 11.1 Å². The Balaban J connectivity index is 2.25. The maximum atomic E-state index is 13.8. The first kappa shape index (κ1) is 15.5. The van der Waals surface area contributed by atoms with Crippen LogP contribution in [0.4, 0.5) is 14.5 Å². The molecule has 0 heterocycles. The molecule has 0 spiro atoms. The molecule has 3 N–H and O–H groups in total. The normalized spacial score (nSPS) is 10.2. The van der Waals surface area contributed by atoms with Gasteiger partial charge in [-0.25, -0.2) is 8.78 Å². The number of hydrogen-bond acceptors (Lipinski definition) is 2. The lowest BCUT2D eigenvalue weighted by molar-refractivity contribution is 0.102. The van der Waals surface area contributed by atoms with Gasteiger partial charge in [-0.15, -0.1) is 0 Å². The number of benzene rings is 2. The largest absolute Gasteiger partial charge is 0.389 e. The van der Waals surface area contributed by atoms with Gasteiger partial charge in [0.2, 0.25) is 0 Å². The molecule has 2 aromatic rings. The van der Waals surface area contributed by atoms with Crippen molar-refractivity contribution in [3.63, 3.8) is 0 Å². The number of anilines is 1. The average molecular weight is 371 g/mol. The van der Waals surface area contributed by atoms with E-state index >= 15 is 0 Å². The van der Waals surface area contributed by atoms with Gasteiger partial charge in [0.1, 0.15) is 16.6 Å². The Kier molecular flexibility index (Phi) is 4.64. The third kappa shape index (κ3) is 3.83. The maximum Gasteiger partial charge on any atom is 0.255 e. The fraction of sp³-hybridized carbons (Fsp3) is 0. The van der Waals surface area contributed by atoms with E-state index in [1.54, 1.807) is 0 Å². The molecule has 0 atom stereocenters. The summed E-state index contributed by atoms with van der Waals surface area (Å²) in [6, 6.07) is 7.66. The van der Waals surface area contributed by atoms with Crippen molar-refractivity contribution >= 4 is 44.7 Å². The van der Waals surface area contributed by atoms with Gasteiger partial charge in [-0.2, -0.15) is 0 Å². The molecule has 1 amide bonds. The fourth-order valence-electron chi connectivity index (χ4n) is 1.65. The van der Waals surface area contributed by atoms with Crippen molar-refractivity contribution in [3.8, 4) is 0 Å². The minimum atomic E-state index is -0.677. The molecule has 0 radical (unpaired) electrons. The lowest BCUT2D eigenvalue weighted by Gasteiger charge is -2.08. The summed E-state index contributed by atoms with van der Waals surface area (Å²) in [4.78, 5) is 12.0. The number of hydrogen-bond donors (Lipinski definition) is 2. The Hall–Kier alpha value is -1.86. The van der Waals surface area contributed by atoms with Crippen molar-refractivity contribution < 1.29 is 13.6 Å². The summed E-state index contributed by atoms with van der Waals surface area (Å²) in [5.74, 6) is -1.87. The van der Waals surface area contributed by atoms with Crippen LogP contribution in [0.15, 0.2) is 40.9 Å². The molecule has 2 aromatic carbocycles. The van der Waals surface area contributed by atoms with Crippen LogP contribution in [-0.4, -0.2) is 10.9 Å². The highest BCUT2D eigenvalue weighted by molar-refractivity contribution is 9.10. The van der Waals surface area contributed by atoms with E-state index in [1.165, 1.54) is 24.3 Å². The van der Waals surface area contributed by atoms with Crippen LogP contribution in [0.2, 0.25) is 0 Å². The molecule has 0 aliphatic rings. The summed E-state index contributed by atoms with van der Waals surface area (Å²) in [5, 5.41) is 2.36. The molecule has 0 bridgehead atoms. The van der Waals surface area contributed by atoms with Crippen molar-refractivity contribution in [2.75, 3.05) is 5.32 Å². The number of amides is 1. The third-order valence-electron chi connectivity index (χ3n) is 2.63. The molecular formula is C14H9BrF2N2OS. The fourth-order valence-corrected chi connectivity index (χ4v) is 2.24. The Bertz CT molecular complexity index is 717. The molecule has 0 saturated carbocycles. The van der Waals surface area contributed by atoms with Crippen LogP contribution in [0.3, 0.4) is 0 Å². The van der Waals surface area contributed by atoms with Crippen LogP contribution in [0.5, 0.6) is 0 Å². The Labute approximate surface area is 133 Å². The van der Waals surface area contributed by atoms with Crippen molar-refractivity contribution in [1.82, 2.24) is 0 Å². The highest BCUT2D eigenvalue weighted by Crippen LogP contribution is 2.19. The monoisotopic (exact) mass is 370 g/mol. The number of nitrogens with one attached hydrogen (secondary N) is 1. The first-order valence-electron chi connectivity index (χ1n) is 5.73. The van der Waals surface area contributed by atoms with E-state index in [1.807, 2.05) is 0 Å². The molecule has 0 unspecified atom stereocenters. The number of rotatable bonds is 3. The molecule has 3 nitrogen and oxygen atoms in total. The lowest BCUT2D eigenvalue weighted by atomic mass is 10.1. The van der Waals surface area contributed by atoms with E-state index in [0.717, 1.165) is 12.1 Å². The van der Waals surface area contributed by atoms with Crippen molar-refractivity contribution in [2.45, 2.75) is 0 Å². The number of carbonyl (C=O) groups is 1. The minimum absolute atomic E-state index is 0.0413. The molecule has 0 saturated heterocycles. The van der Waals surface area contributed by atoms with Gasteiger partial charge in [0, 0.05) is 15.6 Å². The highest BCUT2D eigenvalue weighted by atomic mass is 79.9. The summed E-state index contributed by atoms with van der Waals surface area (Å²) >= 11 is 7.82. The van der Waals surface area contributed by atoms with Gasteiger partial charge in [-0.05, 0) is 36.4 Å². The van der Waals surface area contributed by atoms with Gasteiger partial charge in [0.15, 0.2) is 0 Å². The number of nitrogens with two attached hydrogens (primary N) is 1. The van der Waals surface area contributed by atoms with Crippen LogP contribution in [0.25, 0.3) is 0 Å². The SMILES string of the molecule is NC(=S)c1ccc(NC(=O)c2cc(F)cc(Br)c2)c(F)c1. The van der Waals surface area contributed by atoms with E-state index in [2.05, 4.69) is 21.2 Å². The zero-order chi connectivity index (χ0) is 15.6. The predicted molar refractivity (Wildman–Crippen MR) is 84.3 cm³/mol. The summed E-state index contributed by atoms with van der Waals surface area (Å²) in [7, 11) is 0. The van der Waals surface area contributed by atoms with E-state index in [4.69, 9.17) is 18.0 Å². The van der Waals surface area contributed by atoms with Gasteiger partial charge in [-0.3, -0.25) is 4.79 Å². The van der Waals surface area contributed by atoms with Crippen LogP contribution in [0.1, 0.15) is 15.9 Å². The third-order valence-corrected chi connectivity index (χ3v) is 3.32. The molecule has 0 fully saturated rings. The maximum absolute atomic E-state index is 13.8. The molecule has 7 heteroatoms. The second-order valence-corrected chi connectivity index (χ2v) is 5.53. The molecule has 0 aliphatic carbocycles. The van der Waals surface area contributed by atoms with Crippen molar-refractivity contribution in [1.29, 1.82) is 0 Å². The summed E-state index contributed by atoms with van der Waals surface area (Å²) in [6.45, 7) is 0. The zero-order valence-electron chi connectivity index (χ0n) is 10.5. The average Bonchev–Trinajstić information content (AvgIpc) is 2.39. The first-order valence-corrected chi connectivity index (χ1v) is 6.94. The molecule has 0 aliphatic heterocycles. The molecule has 108 valence electrons. The predicted octanol–water partition coefficient (Wildman–Crippen LogP) is 3.61. The smallest absolute Gasteiger partial charge is 0.255 e. The molecule has 2 rings (SSSR count). The number of halogens is 3. The summed E-state index contributed by atoms with van der Waals surface area (Å²) in [6.07, 6.45) is 0. The zero-order valence-corrected chi connectivity index (χ0v) is 12.9. The number of carbonyl (C=O) groups excluding carboxylic acids is 1. The van der Waals surface area contributed by atoms with Gasteiger partial charge < -0.3 is 11.1 Å². The van der Waals surface area contributed by atoms with Crippen molar-refractivity contribution in [3.05, 3.63) is 63.6 Å². The highest BCUT2D eigenvalue weighted by Gasteiger charge is 2.12. The van der Waals surface area contributed by atoms with Crippen LogP contribution in [0, 0.1) is 11.6 Å². The lowest BCUT2D eigenvalue weighted by Crippen LogP contribution is -2.14. The van der Waals surface area contributed by atoms with E-state index < -0.39 is 17.5 Å². The van der Waals surface area contributed by atoms with Crippen LogP contribution >= 0.6 is 28.1 Å². The quantitative estimate of drug-likeness (QED) is 0.811. The second-order valence-electron chi connectivity index (χ2n) is 4.17. The Morgan fingerprint density at radius 1 is 1.14 bits per heavy atom. The topological polar surface area (TPSA) is 55.1 Å². The van der Waals surface area contributed by atoms with Gasteiger partial charge in [0.05, 0.1) is 5.69 Å². The summed E-state index contributed by atoms with van der Waals surface area (Å²) < 4.78 is 27.5. The number of thiocarbonyl (C=S) groups is 1. The minimum Gasteiger partial charge on any atom is -0.389 e. The van der Waals surface area contributed by atoms with Crippen LogP contribution in [-0.2, 0) is 0 Å². The van der Waals surface area contributed by atoms with E-state index in [0.29, 0.717) is 10.0 Å². The van der Waals surface area contributed by atoms with Crippen molar-refractivity contribution in [2.24, 2.45) is 5.73 Å². The second kappa shape index (κ2) is 6.28. The Morgan fingerprint density at radius 2 is 1.86 bits per heavy atom. The van der Waals surface area contributed by atoms with Gasteiger partial charge in [-0.1, -0.05) is 28.1 Å². The molecular weight excluding hydrogens is 362 g/mol. The summed E-state index contributed by atoms with van der Waals surface area (Å²) in [5.41, 5.74) is 5.77. The first-order chi connectivity index (χ1) is 9.86. The van der Waals surface area contributed by atoms with E-state index in [-0.39, 0.29) is 16.2 Å². The van der Waals surface area contributed by atoms with E-state index in [9.17, 15) is 13.6 Å². The molecule has 0 aromatic heterocycles. The van der Waals surface area contributed by atoms with Gasteiger partial charge in [0.25, 0.3) is 5.91 Å². The standard InChI is InChI=1S/C14H9BrF2N2OS/c15-9-3-8(4-10(16)6-9)14(20)19-12-2-1-7(13(18)21)5-11(12)17/h1-6H,(H2,18,21)(H,19,20). The van der Waals surface area contributed by atoms with Gasteiger partial charge >= 0.3 is 0 Å². The Morgan fingerprint density at radius 3 is 2.43 bits per heavy atom. The molecule has 21 heavy (non-hydrogen) atoms.